The number of nitrogens with one attached hydrogen (secondary N) is 2. The Balaban J connectivity index is 1.62. The van der Waals surface area contributed by atoms with Gasteiger partial charge in [-0.15, -0.1) is 0 Å². The molecule has 146 valence electrons. The summed E-state index contributed by atoms with van der Waals surface area (Å²) >= 11 is 6.16. The largest absolute Gasteiger partial charge is 0.495 e. The minimum absolute atomic E-state index is 0.480. The Bertz CT molecular complexity index is 906. The van der Waals surface area contributed by atoms with Gasteiger partial charge in [-0.3, -0.25) is 0 Å². The zero-order valence-corrected chi connectivity index (χ0v) is 16.7. The first kappa shape index (κ1) is 19.8. The minimum Gasteiger partial charge on any atom is -0.495 e. The Morgan fingerprint density at radius 1 is 0.929 bits per heavy atom. The van der Waals surface area contributed by atoms with E-state index in [1.54, 1.807) is 26.4 Å². The highest BCUT2D eigenvalue weighted by Crippen LogP contribution is 2.37. The smallest absolute Gasteiger partial charge is 0.144 e. The number of hydrogen-bond donors (Lipinski definition) is 2. The van der Waals surface area contributed by atoms with Crippen molar-refractivity contribution in [3.63, 3.8) is 0 Å². The molecule has 3 rings (SSSR count). The van der Waals surface area contributed by atoms with E-state index in [2.05, 4.69) is 44.9 Å². The molecule has 1 aromatic heterocycles. The van der Waals surface area contributed by atoms with E-state index in [9.17, 15) is 0 Å². The zero-order valence-electron chi connectivity index (χ0n) is 15.9. The fourth-order valence-corrected chi connectivity index (χ4v) is 3.00. The number of rotatable bonds is 9. The molecule has 0 aliphatic carbocycles. The molecule has 28 heavy (non-hydrogen) atoms. The van der Waals surface area contributed by atoms with Gasteiger partial charge in [0.1, 0.15) is 29.5 Å². The number of halogens is 1. The van der Waals surface area contributed by atoms with Crippen molar-refractivity contribution >= 4 is 28.9 Å². The van der Waals surface area contributed by atoms with Crippen molar-refractivity contribution in [1.29, 1.82) is 0 Å². The molecule has 0 aliphatic heterocycles. The number of aryl methyl sites for hydroxylation is 1. The third-order valence-corrected chi connectivity index (χ3v) is 4.49. The summed E-state index contributed by atoms with van der Waals surface area (Å²) in [6.07, 6.45) is 3.55. The van der Waals surface area contributed by atoms with Crippen LogP contribution in [0.1, 0.15) is 12.0 Å². The normalized spacial score (nSPS) is 10.4. The van der Waals surface area contributed by atoms with Crippen LogP contribution in [0.2, 0.25) is 5.02 Å². The first-order valence-corrected chi connectivity index (χ1v) is 9.36. The molecule has 2 N–H and O–H groups in total. The van der Waals surface area contributed by atoms with Gasteiger partial charge >= 0.3 is 0 Å². The van der Waals surface area contributed by atoms with Gasteiger partial charge in [0.25, 0.3) is 0 Å². The van der Waals surface area contributed by atoms with Gasteiger partial charge in [-0.05, 0) is 18.4 Å². The van der Waals surface area contributed by atoms with Gasteiger partial charge in [0.15, 0.2) is 0 Å². The Hall–Kier alpha value is -2.99. The summed E-state index contributed by atoms with van der Waals surface area (Å²) in [5.41, 5.74) is 2.04. The van der Waals surface area contributed by atoms with Crippen LogP contribution in [0.5, 0.6) is 11.5 Å². The lowest BCUT2D eigenvalue weighted by Crippen LogP contribution is -2.06. The number of ether oxygens (including phenoxy) is 2. The van der Waals surface area contributed by atoms with Crippen LogP contribution < -0.4 is 20.1 Å². The van der Waals surface area contributed by atoms with Gasteiger partial charge < -0.3 is 20.1 Å². The molecule has 7 heteroatoms. The van der Waals surface area contributed by atoms with Crippen molar-refractivity contribution in [2.24, 2.45) is 0 Å². The van der Waals surface area contributed by atoms with Crippen LogP contribution in [-0.2, 0) is 6.42 Å². The van der Waals surface area contributed by atoms with E-state index in [0.717, 1.165) is 25.2 Å². The molecule has 0 fully saturated rings. The molecule has 0 saturated carbocycles. The maximum Gasteiger partial charge on any atom is 0.144 e. The first-order chi connectivity index (χ1) is 13.7. The van der Waals surface area contributed by atoms with Crippen molar-refractivity contribution < 1.29 is 9.47 Å². The van der Waals surface area contributed by atoms with Gasteiger partial charge in [0, 0.05) is 24.7 Å². The van der Waals surface area contributed by atoms with Gasteiger partial charge in [-0.25, -0.2) is 9.97 Å². The summed E-state index contributed by atoms with van der Waals surface area (Å²) in [6, 6.07) is 15.8. The van der Waals surface area contributed by atoms with Crippen molar-refractivity contribution in [3.05, 3.63) is 65.4 Å². The average molecular weight is 399 g/mol. The van der Waals surface area contributed by atoms with Crippen molar-refractivity contribution in [1.82, 2.24) is 9.97 Å². The molecule has 6 nitrogen and oxygen atoms in total. The summed E-state index contributed by atoms with van der Waals surface area (Å²) in [4.78, 5) is 8.55. The van der Waals surface area contributed by atoms with Gasteiger partial charge in [-0.2, -0.15) is 0 Å². The molecule has 0 atom stereocenters. The topological polar surface area (TPSA) is 68.3 Å². The molecule has 1 heterocycles. The molecule has 3 aromatic rings. The predicted molar refractivity (Wildman–Crippen MR) is 113 cm³/mol. The second kappa shape index (κ2) is 9.80. The van der Waals surface area contributed by atoms with E-state index in [4.69, 9.17) is 21.1 Å². The monoisotopic (exact) mass is 398 g/mol. The summed E-state index contributed by atoms with van der Waals surface area (Å²) in [5.74, 6) is 2.55. The average Bonchev–Trinajstić information content (AvgIpc) is 2.73. The van der Waals surface area contributed by atoms with E-state index in [0.29, 0.717) is 28.0 Å². The van der Waals surface area contributed by atoms with Crippen LogP contribution in [0.3, 0.4) is 0 Å². The third-order valence-electron chi connectivity index (χ3n) is 4.19. The van der Waals surface area contributed by atoms with Crippen LogP contribution in [0.25, 0.3) is 0 Å². The Morgan fingerprint density at radius 3 is 2.43 bits per heavy atom. The lowest BCUT2D eigenvalue weighted by Gasteiger charge is -2.14. The highest BCUT2D eigenvalue weighted by molar-refractivity contribution is 6.32. The fraction of sp³-hybridized carbons (Fsp3) is 0.238. The minimum atomic E-state index is 0.480. The fourth-order valence-electron chi connectivity index (χ4n) is 2.77. The van der Waals surface area contributed by atoms with Crippen LogP contribution in [0.4, 0.5) is 17.3 Å². The number of anilines is 3. The van der Waals surface area contributed by atoms with E-state index >= 15 is 0 Å². The Labute approximate surface area is 169 Å². The van der Waals surface area contributed by atoms with Crippen molar-refractivity contribution in [2.45, 2.75) is 12.8 Å². The molecular weight excluding hydrogens is 376 g/mol. The molecule has 0 bridgehead atoms. The van der Waals surface area contributed by atoms with E-state index in [1.807, 2.05) is 12.1 Å². The maximum absolute atomic E-state index is 6.16. The van der Waals surface area contributed by atoms with E-state index in [-0.39, 0.29) is 0 Å². The van der Waals surface area contributed by atoms with Crippen LogP contribution in [0, 0.1) is 0 Å². The third kappa shape index (κ3) is 5.27. The number of nitrogens with zero attached hydrogens (tertiary/aromatic N) is 2. The van der Waals surface area contributed by atoms with Crippen LogP contribution in [-0.4, -0.2) is 30.7 Å². The first-order valence-electron chi connectivity index (χ1n) is 8.98. The molecule has 0 amide bonds. The van der Waals surface area contributed by atoms with E-state index in [1.165, 1.54) is 11.9 Å². The highest BCUT2D eigenvalue weighted by atomic mass is 35.5. The summed E-state index contributed by atoms with van der Waals surface area (Å²) in [7, 11) is 3.16. The lowest BCUT2D eigenvalue weighted by molar-refractivity contribution is 0.405. The standard InChI is InChI=1S/C21H23ClN4O2/c1-27-18-12-17(19(28-2)11-16(18)22)26-21-13-20(24-14-25-21)23-10-6-9-15-7-4-3-5-8-15/h3-5,7-8,11-14H,6,9-10H2,1-2H3,(H2,23,24,25,26). The van der Waals surface area contributed by atoms with Crippen molar-refractivity contribution in [2.75, 3.05) is 31.4 Å². The predicted octanol–water partition coefficient (Wildman–Crippen LogP) is 4.94. The molecule has 0 spiro atoms. The quantitative estimate of drug-likeness (QED) is 0.498. The second-order valence-electron chi connectivity index (χ2n) is 6.12. The number of benzene rings is 2. The van der Waals surface area contributed by atoms with Gasteiger partial charge in [0.05, 0.1) is 24.9 Å². The van der Waals surface area contributed by atoms with Crippen LogP contribution >= 0.6 is 11.6 Å². The molecular formula is C21H23ClN4O2. The summed E-state index contributed by atoms with van der Waals surface area (Å²) < 4.78 is 10.7. The highest BCUT2D eigenvalue weighted by Gasteiger charge is 2.11. The second-order valence-corrected chi connectivity index (χ2v) is 6.52. The Kier molecular flexibility index (Phi) is 6.92. The molecule has 2 aromatic carbocycles. The van der Waals surface area contributed by atoms with Gasteiger partial charge in [0.2, 0.25) is 0 Å². The maximum atomic E-state index is 6.16. The number of aromatic nitrogens is 2. The summed E-state index contributed by atoms with van der Waals surface area (Å²) in [5, 5.41) is 7.04. The SMILES string of the molecule is COc1cc(Nc2cc(NCCCc3ccccc3)ncn2)c(OC)cc1Cl. The number of methoxy groups -OCH3 is 2. The zero-order chi connectivity index (χ0) is 19.8. The van der Waals surface area contributed by atoms with Gasteiger partial charge in [-0.1, -0.05) is 41.9 Å². The summed E-state index contributed by atoms with van der Waals surface area (Å²) in [6.45, 7) is 0.823. The molecule has 0 unspecified atom stereocenters. The van der Waals surface area contributed by atoms with E-state index < -0.39 is 0 Å². The lowest BCUT2D eigenvalue weighted by atomic mass is 10.1. The Morgan fingerprint density at radius 2 is 1.68 bits per heavy atom. The molecule has 0 saturated heterocycles. The number of hydrogen-bond acceptors (Lipinski definition) is 6. The molecule has 0 radical (unpaired) electrons. The van der Waals surface area contributed by atoms with Crippen LogP contribution in [0.15, 0.2) is 54.9 Å². The molecule has 0 aliphatic rings. The van der Waals surface area contributed by atoms with Crippen molar-refractivity contribution in [3.8, 4) is 11.5 Å².